The van der Waals surface area contributed by atoms with Crippen molar-refractivity contribution >= 4 is 35.3 Å². The van der Waals surface area contributed by atoms with Gasteiger partial charge in [0.05, 0.1) is 18.4 Å². The molecule has 2 aromatic rings. The summed E-state index contributed by atoms with van der Waals surface area (Å²) in [5, 5.41) is 10.1. The molecule has 0 aliphatic carbocycles. The van der Waals surface area contributed by atoms with E-state index in [0.717, 1.165) is 5.69 Å². The van der Waals surface area contributed by atoms with E-state index >= 15 is 0 Å². The van der Waals surface area contributed by atoms with Gasteiger partial charge >= 0.3 is 12.1 Å². The smallest absolute Gasteiger partial charge is 0.340 e. The van der Waals surface area contributed by atoms with Crippen LogP contribution in [0, 0.1) is 12.3 Å². The summed E-state index contributed by atoms with van der Waals surface area (Å²) in [5.74, 6) is 0.664. The zero-order valence-electron chi connectivity index (χ0n) is 20.5. The number of benzene rings is 1. The molecule has 0 saturated carbocycles. The summed E-state index contributed by atoms with van der Waals surface area (Å²) < 4.78 is 1.63. The van der Waals surface area contributed by atoms with Crippen LogP contribution in [0.3, 0.4) is 0 Å². The number of halogens is 1. The van der Waals surface area contributed by atoms with Gasteiger partial charge in [0, 0.05) is 49.4 Å². The molecule has 35 heavy (non-hydrogen) atoms. The lowest BCUT2D eigenvalue weighted by atomic mass is 9.84. The third-order valence-corrected chi connectivity index (χ3v) is 6.77. The number of nitrogens with one attached hydrogen (secondary N) is 2. The molecule has 1 atom stereocenters. The topological polar surface area (TPSA) is 103 Å². The minimum absolute atomic E-state index is 0.0181. The first-order chi connectivity index (χ1) is 16.5. The van der Waals surface area contributed by atoms with Crippen molar-refractivity contribution in [1.82, 2.24) is 29.8 Å². The molecule has 2 aliphatic rings. The second kappa shape index (κ2) is 9.87. The van der Waals surface area contributed by atoms with E-state index in [1.54, 1.807) is 40.0 Å². The van der Waals surface area contributed by atoms with Crippen molar-refractivity contribution in [2.75, 3.05) is 31.5 Å². The minimum Gasteiger partial charge on any atom is -0.340 e. The predicted octanol–water partition coefficient (Wildman–Crippen LogP) is 3.31. The first-order valence-corrected chi connectivity index (χ1v) is 12.1. The monoisotopic (exact) mass is 501 g/mol. The van der Waals surface area contributed by atoms with E-state index in [2.05, 4.69) is 15.6 Å². The van der Waals surface area contributed by atoms with Gasteiger partial charge in [-0.3, -0.25) is 9.80 Å². The first kappa shape index (κ1) is 25.0. The molecule has 0 bridgehead atoms. The standard InChI is InChI=1S/C24H32ClN7O3/c1-16-26-14-19-15-31(23(35)32(16)19)30-11-9-29(10-12-30)21(33)13-20(24(2,3)4)28-22(34)27-18-7-5-17(25)6-8-18/h5-8,14,20H,9-13,15H2,1-4H3,(H2,27,28,34). The molecule has 1 fully saturated rings. The number of carbonyl (C=O) groups excluding carboxylic acids is 3. The Balaban J connectivity index is 1.30. The van der Waals surface area contributed by atoms with Gasteiger partial charge in [0.15, 0.2) is 0 Å². The van der Waals surface area contributed by atoms with Crippen molar-refractivity contribution in [2.45, 2.75) is 46.7 Å². The normalized spacial score (nSPS) is 17.3. The maximum absolute atomic E-state index is 13.1. The van der Waals surface area contributed by atoms with Gasteiger partial charge in [0.2, 0.25) is 5.91 Å². The predicted molar refractivity (Wildman–Crippen MR) is 133 cm³/mol. The maximum atomic E-state index is 13.1. The van der Waals surface area contributed by atoms with Gasteiger partial charge < -0.3 is 15.5 Å². The third-order valence-electron chi connectivity index (χ3n) is 6.52. The highest BCUT2D eigenvalue weighted by molar-refractivity contribution is 6.30. The number of nitrogens with zero attached hydrogens (tertiary/aromatic N) is 5. The molecule has 1 unspecified atom stereocenters. The number of rotatable bonds is 5. The Labute approximate surface area is 210 Å². The molecule has 1 aromatic heterocycles. The summed E-state index contributed by atoms with van der Waals surface area (Å²) in [6.45, 7) is 10.5. The minimum atomic E-state index is -0.369. The SMILES string of the molecule is Cc1ncc2n1C(=O)N(N1CCN(C(=O)CC(NC(=O)Nc3ccc(Cl)cc3)C(C)(C)C)CC1)C2. The zero-order valence-corrected chi connectivity index (χ0v) is 21.3. The Bertz CT molecular complexity index is 1100. The number of hydrazine groups is 1. The van der Waals surface area contributed by atoms with E-state index in [9.17, 15) is 14.4 Å². The van der Waals surface area contributed by atoms with Crippen LogP contribution in [-0.2, 0) is 11.3 Å². The van der Waals surface area contributed by atoms with Crippen molar-refractivity contribution in [1.29, 1.82) is 0 Å². The van der Waals surface area contributed by atoms with Crippen molar-refractivity contribution in [3.05, 3.63) is 47.0 Å². The van der Waals surface area contributed by atoms with Gasteiger partial charge in [-0.15, -0.1) is 0 Å². The van der Waals surface area contributed by atoms with Crippen LogP contribution in [0.5, 0.6) is 0 Å². The number of amides is 4. The van der Waals surface area contributed by atoms with Crippen LogP contribution in [0.15, 0.2) is 30.5 Å². The molecule has 0 spiro atoms. The highest BCUT2D eigenvalue weighted by Crippen LogP contribution is 2.25. The lowest BCUT2D eigenvalue weighted by Gasteiger charge is -2.40. The maximum Gasteiger partial charge on any atom is 0.344 e. The van der Waals surface area contributed by atoms with Crippen molar-refractivity contribution in [2.24, 2.45) is 5.41 Å². The van der Waals surface area contributed by atoms with Crippen molar-refractivity contribution in [3.8, 4) is 0 Å². The van der Waals surface area contributed by atoms with Crippen LogP contribution in [0.25, 0.3) is 0 Å². The molecule has 11 heteroatoms. The van der Waals surface area contributed by atoms with E-state index in [4.69, 9.17) is 11.6 Å². The number of imidazole rings is 1. The second-order valence-electron chi connectivity index (χ2n) is 10.0. The lowest BCUT2D eigenvalue weighted by molar-refractivity contribution is -0.136. The molecule has 4 amide bonds. The van der Waals surface area contributed by atoms with E-state index in [0.29, 0.717) is 49.3 Å². The molecule has 3 heterocycles. The lowest BCUT2D eigenvalue weighted by Crippen LogP contribution is -2.56. The first-order valence-electron chi connectivity index (χ1n) is 11.7. The third kappa shape index (κ3) is 5.59. The van der Waals surface area contributed by atoms with Crippen LogP contribution in [0.2, 0.25) is 5.02 Å². The van der Waals surface area contributed by atoms with Gasteiger partial charge in [0.25, 0.3) is 0 Å². The molecule has 188 valence electrons. The quantitative estimate of drug-likeness (QED) is 0.654. The number of aromatic nitrogens is 2. The van der Waals surface area contributed by atoms with Crippen LogP contribution in [-0.4, -0.2) is 74.7 Å². The Kier molecular flexibility index (Phi) is 7.05. The number of fused-ring (bicyclic) bond motifs is 1. The molecular weight excluding hydrogens is 470 g/mol. The highest BCUT2D eigenvalue weighted by Gasteiger charge is 2.36. The Morgan fingerprint density at radius 2 is 1.77 bits per heavy atom. The molecule has 10 nitrogen and oxygen atoms in total. The number of hydrogen-bond donors (Lipinski definition) is 2. The van der Waals surface area contributed by atoms with Crippen LogP contribution in [0.4, 0.5) is 15.3 Å². The van der Waals surface area contributed by atoms with Gasteiger partial charge in [-0.05, 0) is 36.6 Å². The molecule has 0 radical (unpaired) electrons. The molecular formula is C24H32ClN7O3. The average Bonchev–Trinajstić information content (AvgIpc) is 3.34. The Hall–Kier alpha value is -3.11. The fourth-order valence-electron chi connectivity index (χ4n) is 4.34. The van der Waals surface area contributed by atoms with Crippen molar-refractivity contribution in [3.63, 3.8) is 0 Å². The van der Waals surface area contributed by atoms with Crippen LogP contribution >= 0.6 is 11.6 Å². The van der Waals surface area contributed by atoms with E-state index in [1.165, 1.54) is 0 Å². The van der Waals surface area contributed by atoms with Gasteiger partial charge in [-0.1, -0.05) is 32.4 Å². The number of piperazine rings is 1. The number of hydrogen-bond acceptors (Lipinski definition) is 5. The Morgan fingerprint density at radius 3 is 2.37 bits per heavy atom. The summed E-state index contributed by atoms with van der Waals surface area (Å²) in [6, 6.07) is 6.02. The highest BCUT2D eigenvalue weighted by atomic mass is 35.5. The summed E-state index contributed by atoms with van der Waals surface area (Å²) in [5.41, 5.74) is 1.18. The molecule has 2 aliphatic heterocycles. The van der Waals surface area contributed by atoms with E-state index < -0.39 is 0 Å². The number of carbonyl (C=O) groups is 3. The number of urea groups is 1. The molecule has 1 aromatic carbocycles. The van der Waals surface area contributed by atoms with Crippen LogP contribution < -0.4 is 10.6 Å². The van der Waals surface area contributed by atoms with Gasteiger partial charge in [-0.2, -0.15) is 0 Å². The van der Waals surface area contributed by atoms with E-state index in [-0.39, 0.29) is 35.8 Å². The van der Waals surface area contributed by atoms with Gasteiger partial charge in [-0.25, -0.2) is 24.1 Å². The summed E-state index contributed by atoms with van der Waals surface area (Å²) in [6.07, 6.45) is 1.92. The summed E-state index contributed by atoms with van der Waals surface area (Å²) in [7, 11) is 0. The number of anilines is 1. The van der Waals surface area contributed by atoms with Crippen molar-refractivity contribution < 1.29 is 14.4 Å². The van der Waals surface area contributed by atoms with E-state index in [1.807, 2.05) is 37.6 Å². The molecule has 1 saturated heterocycles. The Morgan fingerprint density at radius 1 is 1.11 bits per heavy atom. The second-order valence-corrected chi connectivity index (χ2v) is 10.5. The number of aryl methyl sites for hydroxylation is 1. The molecule has 2 N–H and O–H groups in total. The fourth-order valence-corrected chi connectivity index (χ4v) is 4.47. The van der Waals surface area contributed by atoms with Gasteiger partial charge in [0.1, 0.15) is 5.82 Å². The zero-order chi connectivity index (χ0) is 25.3. The van der Waals surface area contributed by atoms with Crippen LogP contribution in [0.1, 0.15) is 38.7 Å². The largest absolute Gasteiger partial charge is 0.344 e. The summed E-state index contributed by atoms with van der Waals surface area (Å²) >= 11 is 5.90. The summed E-state index contributed by atoms with van der Waals surface area (Å²) in [4.78, 5) is 44.5. The fraction of sp³-hybridized carbons (Fsp3) is 0.500. The molecule has 4 rings (SSSR count). The average molecular weight is 502 g/mol.